The van der Waals surface area contributed by atoms with Crippen LogP contribution < -0.4 is 10.1 Å². The van der Waals surface area contributed by atoms with Gasteiger partial charge in [0.15, 0.2) is 10.9 Å². The van der Waals surface area contributed by atoms with Crippen LogP contribution in [0.5, 0.6) is 5.75 Å². The molecule has 0 saturated heterocycles. The number of nitrogens with one attached hydrogen (secondary N) is 1. The highest BCUT2D eigenvalue weighted by molar-refractivity contribution is 7.22. The van der Waals surface area contributed by atoms with Crippen molar-refractivity contribution in [1.82, 2.24) is 4.98 Å². The third kappa shape index (κ3) is 3.68. The molecule has 0 aliphatic heterocycles. The summed E-state index contributed by atoms with van der Waals surface area (Å²) in [5.74, 6) is -0.950. The van der Waals surface area contributed by atoms with Gasteiger partial charge in [0, 0.05) is 6.07 Å². The van der Waals surface area contributed by atoms with E-state index in [2.05, 4.69) is 10.3 Å². The molecule has 0 fully saturated rings. The van der Waals surface area contributed by atoms with Crippen LogP contribution in [-0.2, 0) is 11.2 Å². The Bertz CT molecular complexity index is 878. The van der Waals surface area contributed by atoms with Crippen LogP contribution in [-0.4, -0.2) is 17.5 Å². The molecule has 0 saturated carbocycles. The summed E-state index contributed by atoms with van der Waals surface area (Å²) in [6.07, 6.45) is 0.152. The largest absolute Gasteiger partial charge is 0.494 e. The molecule has 0 aliphatic carbocycles. The minimum atomic E-state index is -0.742. The quantitative estimate of drug-likeness (QED) is 0.753. The van der Waals surface area contributed by atoms with Gasteiger partial charge < -0.3 is 10.1 Å². The summed E-state index contributed by atoms with van der Waals surface area (Å²) in [6, 6.07) is 9.16. The number of carbonyl (C=O) groups is 1. The molecule has 3 rings (SSSR count). The number of halogens is 2. The lowest BCUT2D eigenvalue weighted by Gasteiger charge is -2.05. The molecule has 0 bridgehead atoms. The first kappa shape index (κ1) is 16.3. The Balaban J connectivity index is 1.69. The van der Waals surface area contributed by atoms with Crippen LogP contribution in [0.2, 0.25) is 0 Å². The smallest absolute Gasteiger partial charge is 0.230 e. The topological polar surface area (TPSA) is 51.2 Å². The van der Waals surface area contributed by atoms with Crippen molar-refractivity contribution in [2.45, 2.75) is 13.3 Å². The van der Waals surface area contributed by atoms with E-state index >= 15 is 0 Å². The van der Waals surface area contributed by atoms with Crippen molar-refractivity contribution in [2.75, 3.05) is 11.9 Å². The van der Waals surface area contributed by atoms with Gasteiger partial charge in [-0.05, 0) is 30.7 Å². The minimum absolute atomic E-state index is 0.0535. The Kier molecular flexibility index (Phi) is 4.71. The van der Waals surface area contributed by atoms with Gasteiger partial charge in [0.05, 0.1) is 17.7 Å². The van der Waals surface area contributed by atoms with Crippen molar-refractivity contribution in [1.29, 1.82) is 0 Å². The Hall–Kier alpha value is -2.54. The van der Waals surface area contributed by atoms with Crippen LogP contribution in [0.3, 0.4) is 0 Å². The van der Waals surface area contributed by atoms with Gasteiger partial charge in [-0.15, -0.1) is 0 Å². The number of hydrogen-bond donors (Lipinski definition) is 1. The Labute approximate surface area is 141 Å². The average Bonchev–Trinajstić information content (AvgIpc) is 2.92. The third-order valence-electron chi connectivity index (χ3n) is 3.26. The minimum Gasteiger partial charge on any atom is -0.494 e. The van der Waals surface area contributed by atoms with E-state index in [0.717, 1.165) is 28.7 Å². The van der Waals surface area contributed by atoms with Crippen molar-refractivity contribution in [3.8, 4) is 5.75 Å². The predicted molar refractivity (Wildman–Crippen MR) is 89.5 cm³/mol. The first-order valence-corrected chi connectivity index (χ1v) is 8.14. The maximum Gasteiger partial charge on any atom is 0.230 e. The summed E-state index contributed by atoms with van der Waals surface area (Å²) in [7, 11) is 0. The molecule has 2 aromatic carbocycles. The van der Waals surface area contributed by atoms with E-state index in [1.165, 1.54) is 6.07 Å². The van der Waals surface area contributed by atoms with Crippen LogP contribution >= 0.6 is 11.3 Å². The summed E-state index contributed by atoms with van der Waals surface area (Å²) in [5, 5.41) is 2.86. The zero-order chi connectivity index (χ0) is 17.1. The molecule has 24 heavy (non-hydrogen) atoms. The van der Waals surface area contributed by atoms with Crippen LogP contribution in [0, 0.1) is 11.6 Å². The number of ether oxygens (including phenoxy) is 1. The summed E-state index contributed by atoms with van der Waals surface area (Å²) >= 11 is 1.03. The summed E-state index contributed by atoms with van der Waals surface area (Å²) in [6.45, 7) is 2.47. The van der Waals surface area contributed by atoms with Gasteiger partial charge >= 0.3 is 0 Å². The van der Waals surface area contributed by atoms with Crippen molar-refractivity contribution in [3.05, 3.63) is 53.6 Å². The van der Waals surface area contributed by atoms with Crippen LogP contribution in [0.25, 0.3) is 10.2 Å². The fraction of sp³-hybridized carbons (Fsp3) is 0.176. The van der Waals surface area contributed by atoms with E-state index in [9.17, 15) is 13.6 Å². The van der Waals surface area contributed by atoms with Crippen molar-refractivity contribution in [3.63, 3.8) is 0 Å². The van der Waals surface area contributed by atoms with Gasteiger partial charge in [0.25, 0.3) is 0 Å². The number of carbonyl (C=O) groups excluding carboxylic acids is 1. The lowest BCUT2D eigenvalue weighted by molar-refractivity contribution is -0.115. The number of hydrogen-bond acceptors (Lipinski definition) is 4. The summed E-state index contributed by atoms with van der Waals surface area (Å²) < 4.78 is 32.5. The van der Waals surface area contributed by atoms with Gasteiger partial charge in [-0.25, -0.2) is 13.8 Å². The zero-order valence-corrected chi connectivity index (χ0v) is 13.6. The van der Waals surface area contributed by atoms with Crippen LogP contribution in [0.15, 0.2) is 36.4 Å². The molecule has 1 N–H and O–H groups in total. The SMILES string of the molecule is CCOc1ccc(CC(=O)Nc2nc3c(F)cc(F)cc3s2)cc1. The van der Waals surface area contributed by atoms with Crippen LogP contribution in [0.1, 0.15) is 12.5 Å². The molecule has 1 amide bonds. The Morgan fingerprint density at radius 3 is 2.71 bits per heavy atom. The summed E-state index contributed by atoms with van der Waals surface area (Å²) in [4.78, 5) is 16.1. The highest BCUT2D eigenvalue weighted by atomic mass is 32.1. The zero-order valence-electron chi connectivity index (χ0n) is 12.8. The average molecular weight is 348 g/mol. The molecule has 4 nitrogen and oxygen atoms in total. The third-order valence-corrected chi connectivity index (χ3v) is 4.18. The number of aromatic nitrogens is 1. The molecule has 7 heteroatoms. The number of thiazole rings is 1. The number of fused-ring (bicyclic) bond motifs is 1. The monoisotopic (exact) mass is 348 g/mol. The van der Waals surface area contributed by atoms with Crippen molar-refractivity contribution in [2.24, 2.45) is 0 Å². The second-order valence-corrected chi connectivity index (χ2v) is 6.09. The standard InChI is InChI=1S/C17H14F2N2O2S/c1-2-23-12-5-3-10(4-6-12)7-15(22)20-17-21-16-13(19)8-11(18)9-14(16)24-17/h3-6,8-9H,2,7H2,1H3,(H,20,21,22). The fourth-order valence-corrected chi connectivity index (χ4v) is 3.15. The van der Waals surface area contributed by atoms with E-state index in [-0.39, 0.29) is 23.0 Å². The van der Waals surface area contributed by atoms with Gasteiger partial charge in [-0.1, -0.05) is 23.5 Å². The molecule has 0 radical (unpaired) electrons. The van der Waals surface area contributed by atoms with Crippen LogP contribution in [0.4, 0.5) is 13.9 Å². The Morgan fingerprint density at radius 1 is 1.25 bits per heavy atom. The maximum absolute atomic E-state index is 13.6. The second kappa shape index (κ2) is 6.92. The van der Waals surface area contributed by atoms with E-state index in [4.69, 9.17) is 4.74 Å². The van der Waals surface area contributed by atoms with Gasteiger partial charge in [-0.2, -0.15) is 0 Å². The molecule has 124 valence electrons. The molecule has 0 unspecified atom stereocenters. The first-order valence-electron chi connectivity index (χ1n) is 7.32. The van der Waals surface area contributed by atoms with E-state index in [0.29, 0.717) is 11.3 Å². The molecule has 0 spiro atoms. The van der Waals surface area contributed by atoms with Gasteiger partial charge in [-0.3, -0.25) is 4.79 Å². The molecule has 0 aliphatic rings. The fourth-order valence-electron chi connectivity index (χ4n) is 2.23. The number of benzene rings is 2. The summed E-state index contributed by atoms with van der Waals surface area (Å²) in [5.41, 5.74) is 0.868. The molecule has 1 aromatic heterocycles. The lowest BCUT2D eigenvalue weighted by atomic mass is 10.1. The molecule has 3 aromatic rings. The van der Waals surface area contributed by atoms with Crippen molar-refractivity contribution >= 4 is 32.6 Å². The predicted octanol–water partition coefficient (Wildman–Crippen LogP) is 4.15. The van der Waals surface area contributed by atoms with E-state index in [1.54, 1.807) is 24.3 Å². The number of anilines is 1. The van der Waals surface area contributed by atoms with Gasteiger partial charge in [0.1, 0.15) is 17.1 Å². The lowest BCUT2D eigenvalue weighted by Crippen LogP contribution is -2.14. The molecular weight excluding hydrogens is 334 g/mol. The molecular formula is C17H14F2N2O2S. The second-order valence-electron chi connectivity index (χ2n) is 5.06. The first-order chi connectivity index (χ1) is 11.5. The number of nitrogens with zero attached hydrogens (tertiary/aromatic N) is 1. The normalized spacial score (nSPS) is 10.8. The van der Waals surface area contributed by atoms with E-state index in [1.807, 2.05) is 6.92 Å². The van der Waals surface area contributed by atoms with E-state index < -0.39 is 11.6 Å². The molecule has 0 atom stereocenters. The highest BCUT2D eigenvalue weighted by Crippen LogP contribution is 2.28. The van der Waals surface area contributed by atoms with Crippen molar-refractivity contribution < 1.29 is 18.3 Å². The maximum atomic E-state index is 13.6. The van der Waals surface area contributed by atoms with Gasteiger partial charge in [0.2, 0.25) is 5.91 Å². The molecule has 1 heterocycles. The number of amides is 1. The Morgan fingerprint density at radius 2 is 2.00 bits per heavy atom. The highest BCUT2D eigenvalue weighted by Gasteiger charge is 2.13. The number of rotatable bonds is 5.